The number of halogens is 1. The fourth-order valence-electron chi connectivity index (χ4n) is 2.25. The second-order valence-corrected chi connectivity index (χ2v) is 4.81. The Morgan fingerprint density at radius 3 is 2.65 bits per heavy atom. The summed E-state index contributed by atoms with van der Waals surface area (Å²) in [4.78, 5) is 6.66. The Morgan fingerprint density at radius 2 is 1.90 bits per heavy atom. The molecule has 1 aromatic carbocycles. The highest BCUT2D eigenvalue weighted by Crippen LogP contribution is 2.17. The molecule has 0 saturated carbocycles. The molecule has 5 nitrogen and oxygen atoms in total. The first kappa shape index (κ1) is 12.8. The van der Waals surface area contributed by atoms with Crippen LogP contribution in [0.5, 0.6) is 0 Å². The number of rotatable bonds is 4. The molecule has 20 heavy (non-hydrogen) atoms. The topological polar surface area (TPSA) is 53.9 Å². The maximum atomic E-state index is 12.8. The lowest BCUT2D eigenvalue weighted by molar-refractivity contribution is 0.627. The van der Waals surface area contributed by atoms with Crippen molar-refractivity contribution in [3.63, 3.8) is 0 Å². The summed E-state index contributed by atoms with van der Waals surface area (Å²) in [6.45, 7) is 2.59. The Labute approximate surface area is 116 Å². The van der Waals surface area contributed by atoms with Gasteiger partial charge in [0.2, 0.25) is 5.95 Å². The zero-order chi connectivity index (χ0) is 13.8. The number of hydrogen-bond donors (Lipinski definition) is 1. The van der Waals surface area contributed by atoms with Crippen LogP contribution in [0.3, 0.4) is 0 Å². The summed E-state index contributed by atoms with van der Waals surface area (Å²) < 4.78 is 12.8. The minimum Gasteiger partial charge on any atom is -0.355 e. The molecule has 0 aliphatic carbocycles. The van der Waals surface area contributed by atoms with Gasteiger partial charge in [0.1, 0.15) is 5.82 Å². The molecule has 0 atom stereocenters. The van der Waals surface area contributed by atoms with Crippen LogP contribution in [0.1, 0.15) is 18.4 Å². The number of hydrogen-bond acceptors (Lipinski definition) is 5. The Morgan fingerprint density at radius 1 is 1.15 bits per heavy atom. The zero-order valence-corrected chi connectivity index (χ0v) is 11.1. The number of nitrogens with one attached hydrogen (secondary N) is 1. The van der Waals surface area contributed by atoms with Gasteiger partial charge in [-0.1, -0.05) is 12.1 Å². The lowest BCUT2D eigenvalue weighted by Crippen LogP contribution is -2.20. The lowest BCUT2D eigenvalue weighted by atomic mass is 10.2. The van der Waals surface area contributed by atoms with Crippen molar-refractivity contribution in [1.29, 1.82) is 0 Å². The van der Waals surface area contributed by atoms with Crippen molar-refractivity contribution in [2.75, 3.05) is 23.3 Å². The average molecular weight is 273 g/mol. The van der Waals surface area contributed by atoms with Gasteiger partial charge in [0, 0.05) is 19.6 Å². The van der Waals surface area contributed by atoms with Crippen molar-refractivity contribution in [3.8, 4) is 0 Å². The van der Waals surface area contributed by atoms with Crippen LogP contribution in [-0.2, 0) is 6.54 Å². The van der Waals surface area contributed by atoms with Crippen LogP contribution in [0.25, 0.3) is 0 Å². The molecule has 0 spiro atoms. The molecule has 1 aliphatic rings. The smallest absolute Gasteiger partial charge is 0.244 e. The highest BCUT2D eigenvalue weighted by Gasteiger charge is 2.14. The van der Waals surface area contributed by atoms with Crippen molar-refractivity contribution < 1.29 is 4.39 Å². The summed E-state index contributed by atoms with van der Waals surface area (Å²) in [5.41, 5.74) is 0.974. The van der Waals surface area contributed by atoms with E-state index in [4.69, 9.17) is 0 Å². The predicted molar refractivity (Wildman–Crippen MR) is 75.0 cm³/mol. The van der Waals surface area contributed by atoms with Gasteiger partial charge in [-0.05, 0) is 30.5 Å². The monoisotopic (exact) mass is 273 g/mol. The SMILES string of the molecule is Fc1ccc(CNc2nncc(N3CCCC3)n2)cc1. The summed E-state index contributed by atoms with van der Waals surface area (Å²) in [5.74, 6) is 1.13. The van der Waals surface area contributed by atoms with Gasteiger partial charge in [0.25, 0.3) is 0 Å². The Kier molecular flexibility index (Phi) is 3.71. The molecule has 1 aliphatic heterocycles. The summed E-state index contributed by atoms with van der Waals surface area (Å²) >= 11 is 0. The van der Waals surface area contributed by atoms with E-state index in [0.717, 1.165) is 24.5 Å². The van der Waals surface area contributed by atoms with Crippen molar-refractivity contribution in [1.82, 2.24) is 15.2 Å². The van der Waals surface area contributed by atoms with E-state index in [9.17, 15) is 4.39 Å². The lowest BCUT2D eigenvalue weighted by Gasteiger charge is -2.15. The van der Waals surface area contributed by atoms with Gasteiger partial charge in [-0.2, -0.15) is 10.1 Å². The van der Waals surface area contributed by atoms with E-state index in [0.29, 0.717) is 12.5 Å². The van der Waals surface area contributed by atoms with E-state index in [1.54, 1.807) is 18.3 Å². The molecule has 1 saturated heterocycles. The maximum Gasteiger partial charge on any atom is 0.244 e. The quantitative estimate of drug-likeness (QED) is 0.925. The molecule has 3 rings (SSSR count). The normalized spacial score (nSPS) is 14.6. The third kappa shape index (κ3) is 3.01. The average Bonchev–Trinajstić information content (AvgIpc) is 3.01. The van der Waals surface area contributed by atoms with Gasteiger partial charge in [-0.15, -0.1) is 5.10 Å². The Bertz CT molecular complexity index is 566. The molecule has 1 N–H and O–H groups in total. The molecule has 0 unspecified atom stereocenters. The van der Waals surface area contributed by atoms with Crippen LogP contribution in [-0.4, -0.2) is 28.3 Å². The molecule has 2 heterocycles. The van der Waals surface area contributed by atoms with Crippen molar-refractivity contribution in [2.45, 2.75) is 19.4 Å². The third-order valence-corrected chi connectivity index (χ3v) is 3.34. The van der Waals surface area contributed by atoms with Crippen LogP contribution in [0.15, 0.2) is 30.5 Å². The van der Waals surface area contributed by atoms with Crippen LogP contribution in [0, 0.1) is 5.82 Å². The number of benzene rings is 1. The van der Waals surface area contributed by atoms with Crippen LogP contribution >= 0.6 is 0 Å². The fraction of sp³-hybridized carbons (Fsp3) is 0.357. The first-order chi connectivity index (χ1) is 9.81. The van der Waals surface area contributed by atoms with Gasteiger partial charge in [0.15, 0.2) is 5.82 Å². The van der Waals surface area contributed by atoms with Crippen molar-refractivity contribution >= 4 is 11.8 Å². The van der Waals surface area contributed by atoms with E-state index in [2.05, 4.69) is 25.4 Å². The van der Waals surface area contributed by atoms with Gasteiger partial charge < -0.3 is 10.2 Å². The van der Waals surface area contributed by atoms with E-state index in [1.807, 2.05) is 0 Å². The first-order valence-electron chi connectivity index (χ1n) is 6.74. The second-order valence-electron chi connectivity index (χ2n) is 4.81. The molecule has 0 bridgehead atoms. The highest BCUT2D eigenvalue weighted by atomic mass is 19.1. The van der Waals surface area contributed by atoms with Gasteiger partial charge in [0.05, 0.1) is 6.20 Å². The molecule has 2 aromatic rings. The molecular weight excluding hydrogens is 257 g/mol. The molecule has 1 aromatic heterocycles. The summed E-state index contributed by atoms with van der Waals surface area (Å²) in [6.07, 6.45) is 4.08. The van der Waals surface area contributed by atoms with Crippen molar-refractivity contribution in [3.05, 3.63) is 41.8 Å². The van der Waals surface area contributed by atoms with E-state index in [-0.39, 0.29) is 5.82 Å². The Balaban J connectivity index is 1.65. The third-order valence-electron chi connectivity index (χ3n) is 3.34. The molecule has 1 fully saturated rings. The van der Waals surface area contributed by atoms with Gasteiger partial charge in [-0.25, -0.2) is 4.39 Å². The summed E-state index contributed by atoms with van der Waals surface area (Å²) in [7, 11) is 0. The minimum atomic E-state index is -0.234. The largest absolute Gasteiger partial charge is 0.355 e. The van der Waals surface area contributed by atoms with Gasteiger partial charge >= 0.3 is 0 Å². The number of nitrogens with zero attached hydrogens (tertiary/aromatic N) is 4. The van der Waals surface area contributed by atoms with E-state index in [1.165, 1.54) is 25.0 Å². The summed E-state index contributed by atoms with van der Waals surface area (Å²) in [6, 6.07) is 6.35. The first-order valence-corrected chi connectivity index (χ1v) is 6.74. The number of aromatic nitrogens is 3. The Hall–Kier alpha value is -2.24. The van der Waals surface area contributed by atoms with Crippen molar-refractivity contribution in [2.24, 2.45) is 0 Å². The van der Waals surface area contributed by atoms with Crippen LogP contribution in [0.4, 0.5) is 16.2 Å². The molecule has 0 amide bonds. The van der Waals surface area contributed by atoms with E-state index < -0.39 is 0 Å². The minimum absolute atomic E-state index is 0.234. The molecule has 6 heteroatoms. The predicted octanol–water partition coefficient (Wildman–Crippen LogP) is 2.22. The van der Waals surface area contributed by atoms with E-state index >= 15 is 0 Å². The molecular formula is C14H16FN5. The fourth-order valence-corrected chi connectivity index (χ4v) is 2.25. The van der Waals surface area contributed by atoms with Crippen LogP contribution in [0.2, 0.25) is 0 Å². The van der Waals surface area contributed by atoms with Crippen LogP contribution < -0.4 is 10.2 Å². The standard InChI is InChI=1S/C14H16FN5/c15-12-5-3-11(4-6-12)9-16-14-18-13(10-17-19-14)20-7-1-2-8-20/h3-6,10H,1-2,7-9H2,(H,16,18,19). The molecule has 0 radical (unpaired) electrons. The summed E-state index contributed by atoms with van der Waals surface area (Å²) in [5, 5.41) is 11.1. The maximum absolute atomic E-state index is 12.8. The zero-order valence-electron chi connectivity index (χ0n) is 11.1. The highest BCUT2D eigenvalue weighted by molar-refractivity contribution is 5.41. The van der Waals surface area contributed by atoms with Gasteiger partial charge in [-0.3, -0.25) is 0 Å². The molecule has 104 valence electrons. The second kappa shape index (κ2) is 5.81. The number of anilines is 2.